The first-order valence-electron chi connectivity index (χ1n) is 5.92. The highest BCUT2D eigenvalue weighted by atomic mass is 16.5. The van der Waals surface area contributed by atoms with Gasteiger partial charge in [0.25, 0.3) is 0 Å². The molecule has 1 amide bonds. The molecule has 0 atom stereocenters. The van der Waals surface area contributed by atoms with Crippen molar-refractivity contribution in [2.24, 2.45) is 5.84 Å². The molecule has 3 N–H and O–H groups in total. The predicted molar refractivity (Wildman–Crippen MR) is 62.1 cm³/mol. The van der Waals surface area contributed by atoms with Gasteiger partial charge in [0, 0.05) is 5.56 Å². The first-order valence-corrected chi connectivity index (χ1v) is 5.92. The van der Waals surface area contributed by atoms with Gasteiger partial charge in [0.05, 0.1) is 6.10 Å². The summed E-state index contributed by atoms with van der Waals surface area (Å²) in [4.78, 5) is 11.3. The normalized spacial score (nSPS) is 16.4. The molecule has 0 unspecified atom stereocenters. The SMILES string of the molecule is Cc1cc(COC2CCCC2)oc1C(=O)NN. The van der Waals surface area contributed by atoms with Crippen molar-refractivity contribution in [2.45, 2.75) is 45.3 Å². The van der Waals surface area contributed by atoms with Gasteiger partial charge in [-0.05, 0) is 25.8 Å². The first kappa shape index (κ1) is 12.1. The zero-order valence-electron chi connectivity index (χ0n) is 9.99. The van der Waals surface area contributed by atoms with Crippen LogP contribution in [0.2, 0.25) is 0 Å². The van der Waals surface area contributed by atoms with Gasteiger partial charge in [-0.3, -0.25) is 10.2 Å². The van der Waals surface area contributed by atoms with Gasteiger partial charge in [0.15, 0.2) is 5.76 Å². The number of hydrazine groups is 1. The second kappa shape index (κ2) is 5.33. The lowest BCUT2D eigenvalue weighted by atomic mass is 10.2. The summed E-state index contributed by atoms with van der Waals surface area (Å²) >= 11 is 0. The van der Waals surface area contributed by atoms with Crippen LogP contribution in [0.15, 0.2) is 10.5 Å². The average Bonchev–Trinajstić information content (AvgIpc) is 2.94. The highest BCUT2D eigenvalue weighted by Crippen LogP contribution is 2.23. The van der Waals surface area contributed by atoms with E-state index >= 15 is 0 Å². The number of nitrogens with two attached hydrogens (primary N) is 1. The van der Waals surface area contributed by atoms with E-state index in [1.54, 1.807) is 0 Å². The Morgan fingerprint density at radius 2 is 2.29 bits per heavy atom. The van der Waals surface area contributed by atoms with Gasteiger partial charge in [-0.25, -0.2) is 5.84 Å². The van der Waals surface area contributed by atoms with E-state index in [1.807, 2.05) is 13.0 Å². The predicted octanol–water partition coefficient (Wildman–Crippen LogP) is 1.65. The molecule has 0 bridgehead atoms. The number of carbonyl (C=O) groups excluding carboxylic acids is 1. The third-order valence-electron chi connectivity index (χ3n) is 3.07. The number of nitrogens with one attached hydrogen (secondary N) is 1. The zero-order valence-corrected chi connectivity index (χ0v) is 9.99. The van der Waals surface area contributed by atoms with Crippen LogP contribution in [0.25, 0.3) is 0 Å². The van der Waals surface area contributed by atoms with Gasteiger partial charge >= 0.3 is 5.91 Å². The molecule has 94 valence electrons. The number of nitrogen functional groups attached to an aromatic ring is 1. The highest BCUT2D eigenvalue weighted by Gasteiger charge is 2.18. The van der Waals surface area contributed by atoms with Gasteiger partial charge in [-0.1, -0.05) is 12.8 Å². The fourth-order valence-electron chi connectivity index (χ4n) is 2.17. The Labute approximate surface area is 100 Å². The summed E-state index contributed by atoms with van der Waals surface area (Å²) < 4.78 is 11.1. The van der Waals surface area contributed by atoms with Crippen LogP contribution in [0.4, 0.5) is 0 Å². The van der Waals surface area contributed by atoms with E-state index in [1.165, 1.54) is 12.8 Å². The molecule has 1 saturated carbocycles. The molecule has 1 fully saturated rings. The number of carbonyl (C=O) groups is 1. The second-order valence-electron chi connectivity index (χ2n) is 4.42. The largest absolute Gasteiger partial charge is 0.453 e. The van der Waals surface area contributed by atoms with Gasteiger partial charge < -0.3 is 9.15 Å². The third-order valence-corrected chi connectivity index (χ3v) is 3.07. The van der Waals surface area contributed by atoms with Crippen molar-refractivity contribution in [1.82, 2.24) is 5.43 Å². The smallest absolute Gasteiger partial charge is 0.301 e. The molecule has 0 spiro atoms. The number of hydrogen-bond donors (Lipinski definition) is 2. The Balaban J connectivity index is 1.94. The van der Waals surface area contributed by atoms with Crippen molar-refractivity contribution in [3.8, 4) is 0 Å². The molecule has 1 heterocycles. The Morgan fingerprint density at radius 3 is 2.94 bits per heavy atom. The molecule has 0 aliphatic heterocycles. The Kier molecular flexibility index (Phi) is 3.81. The summed E-state index contributed by atoms with van der Waals surface area (Å²) in [7, 11) is 0. The number of ether oxygens (including phenoxy) is 1. The Morgan fingerprint density at radius 1 is 1.59 bits per heavy atom. The average molecular weight is 238 g/mol. The maximum Gasteiger partial charge on any atom is 0.301 e. The van der Waals surface area contributed by atoms with E-state index in [0.717, 1.165) is 18.4 Å². The van der Waals surface area contributed by atoms with Crippen LogP contribution in [0.1, 0.15) is 47.6 Å². The van der Waals surface area contributed by atoms with Gasteiger partial charge in [0.2, 0.25) is 0 Å². The molecule has 2 rings (SSSR count). The van der Waals surface area contributed by atoms with Crippen molar-refractivity contribution < 1.29 is 13.9 Å². The lowest BCUT2D eigenvalue weighted by Gasteiger charge is -2.08. The van der Waals surface area contributed by atoms with E-state index in [4.69, 9.17) is 15.0 Å². The maximum absolute atomic E-state index is 11.3. The Bertz CT molecular complexity index is 394. The number of furan rings is 1. The fourth-order valence-corrected chi connectivity index (χ4v) is 2.17. The summed E-state index contributed by atoms with van der Waals surface area (Å²) in [6.45, 7) is 2.23. The van der Waals surface area contributed by atoms with Crippen molar-refractivity contribution in [1.29, 1.82) is 0 Å². The molecule has 5 nitrogen and oxygen atoms in total. The quantitative estimate of drug-likeness (QED) is 0.475. The van der Waals surface area contributed by atoms with E-state index in [9.17, 15) is 4.79 Å². The van der Waals surface area contributed by atoms with E-state index < -0.39 is 5.91 Å². The lowest BCUT2D eigenvalue weighted by Crippen LogP contribution is -2.30. The molecular formula is C12H18N2O3. The summed E-state index contributed by atoms with van der Waals surface area (Å²) in [6, 6.07) is 1.82. The molecule has 17 heavy (non-hydrogen) atoms. The molecule has 0 saturated heterocycles. The van der Waals surface area contributed by atoms with E-state index in [2.05, 4.69) is 5.43 Å². The van der Waals surface area contributed by atoms with Crippen LogP contribution in [0.5, 0.6) is 0 Å². The molecule has 1 aromatic rings. The van der Waals surface area contributed by atoms with Crippen LogP contribution in [0, 0.1) is 6.92 Å². The van der Waals surface area contributed by atoms with Crippen LogP contribution in [0.3, 0.4) is 0 Å². The maximum atomic E-state index is 11.3. The number of rotatable bonds is 4. The lowest BCUT2D eigenvalue weighted by molar-refractivity contribution is 0.0351. The van der Waals surface area contributed by atoms with Crippen molar-refractivity contribution >= 4 is 5.91 Å². The minimum atomic E-state index is -0.408. The molecule has 1 aliphatic rings. The fraction of sp³-hybridized carbons (Fsp3) is 0.583. The van der Waals surface area contributed by atoms with E-state index in [0.29, 0.717) is 18.5 Å². The number of hydrogen-bond acceptors (Lipinski definition) is 4. The van der Waals surface area contributed by atoms with Gasteiger partial charge in [-0.15, -0.1) is 0 Å². The van der Waals surface area contributed by atoms with E-state index in [-0.39, 0.29) is 5.76 Å². The Hall–Kier alpha value is -1.33. The van der Waals surface area contributed by atoms with Crippen LogP contribution in [-0.2, 0) is 11.3 Å². The minimum absolute atomic E-state index is 0.262. The molecule has 1 aromatic heterocycles. The van der Waals surface area contributed by atoms with Crippen LogP contribution >= 0.6 is 0 Å². The minimum Gasteiger partial charge on any atom is -0.453 e. The summed E-state index contributed by atoms with van der Waals surface area (Å²) in [5, 5.41) is 0. The van der Waals surface area contributed by atoms with Gasteiger partial charge in [-0.2, -0.15) is 0 Å². The summed E-state index contributed by atoms with van der Waals surface area (Å²) in [6.07, 6.45) is 5.06. The zero-order chi connectivity index (χ0) is 12.3. The standard InChI is InChI=1S/C12H18N2O3/c1-8-6-10(17-11(8)12(15)14-13)7-16-9-4-2-3-5-9/h6,9H,2-5,7,13H2,1H3,(H,14,15). The van der Waals surface area contributed by atoms with Crippen molar-refractivity contribution in [2.75, 3.05) is 0 Å². The first-order chi connectivity index (χ1) is 8.20. The molecule has 5 heteroatoms. The summed E-state index contributed by atoms with van der Waals surface area (Å²) in [5.74, 6) is 5.59. The van der Waals surface area contributed by atoms with Crippen molar-refractivity contribution in [3.63, 3.8) is 0 Å². The third kappa shape index (κ3) is 2.87. The monoisotopic (exact) mass is 238 g/mol. The second-order valence-corrected chi connectivity index (χ2v) is 4.42. The number of amides is 1. The van der Waals surface area contributed by atoms with Crippen LogP contribution in [-0.4, -0.2) is 12.0 Å². The highest BCUT2D eigenvalue weighted by molar-refractivity contribution is 5.92. The molecule has 1 aliphatic carbocycles. The molecule has 0 aromatic carbocycles. The number of aryl methyl sites for hydroxylation is 1. The van der Waals surface area contributed by atoms with Crippen molar-refractivity contribution in [3.05, 3.63) is 23.2 Å². The summed E-state index contributed by atoms with van der Waals surface area (Å²) in [5.41, 5.74) is 2.84. The molecule has 0 radical (unpaired) electrons. The van der Waals surface area contributed by atoms with Gasteiger partial charge in [0.1, 0.15) is 12.4 Å². The van der Waals surface area contributed by atoms with Crippen LogP contribution < -0.4 is 11.3 Å². The molecular weight excluding hydrogens is 220 g/mol. The topological polar surface area (TPSA) is 77.5 Å².